The Morgan fingerprint density at radius 3 is 2.73 bits per heavy atom. The van der Waals surface area contributed by atoms with E-state index < -0.39 is 5.91 Å². The van der Waals surface area contributed by atoms with Crippen LogP contribution >= 0.6 is 15.9 Å². The topological polar surface area (TPSA) is 56.0 Å². The highest BCUT2D eigenvalue weighted by Crippen LogP contribution is 2.03. The molecule has 0 aliphatic carbocycles. The van der Waals surface area contributed by atoms with Gasteiger partial charge in [-0.05, 0) is 11.6 Å². The summed E-state index contributed by atoms with van der Waals surface area (Å²) in [5.74, 6) is -0.494. The van der Waals surface area contributed by atoms with Crippen molar-refractivity contribution in [3.05, 3.63) is 29.6 Å². The molecule has 0 aliphatic heterocycles. The van der Waals surface area contributed by atoms with Crippen LogP contribution in [-0.4, -0.2) is 10.9 Å². The Bertz CT molecular complexity index is 258. The molecule has 0 aromatic carbocycles. The number of carbonyl (C=O) groups excluding carboxylic acids is 1. The van der Waals surface area contributed by atoms with Crippen LogP contribution in [0.3, 0.4) is 0 Å². The number of hydrogen-bond donors (Lipinski definition) is 1. The second kappa shape index (κ2) is 3.48. The van der Waals surface area contributed by atoms with Gasteiger partial charge in [-0.15, -0.1) is 0 Å². The van der Waals surface area contributed by atoms with Crippen molar-refractivity contribution in [1.29, 1.82) is 0 Å². The third-order valence-corrected chi connectivity index (χ3v) is 1.88. The predicted octanol–water partition coefficient (Wildman–Crippen LogP) is 1.08. The van der Waals surface area contributed by atoms with Crippen molar-refractivity contribution in [3.8, 4) is 0 Å². The molecule has 1 aromatic heterocycles. The Morgan fingerprint density at radius 1 is 1.64 bits per heavy atom. The largest absolute Gasteiger partial charge is 0.364 e. The molecule has 0 saturated heterocycles. The molecule has 1 aromatic rings. The number of primary amides is 1. The van der Waals surface area contributed by atoms with Gasteiger partial charge in [-0.3, -0.25) is 9.78 Å². The van der Waals surface area contributed by atoms with Crippen LogP contribution in [0.4, 0.5) is 0 Å². The van der Waals surface area contributed by atoms with Gasteiger partial charge in [-0.2, -0.15) is 0 Å². The van der Waals surface area contributed by atoms with E-state index in [9.17, 15) is 4.79 Å². The number of nitrogens with zero attached hydrogens (tertiary/aromatic N) is 1. The van der Waals surface area contributed by atoms with Crippen molar-refractivity contribution in [2.75, 3.05) is 0 Å². The van der Waals surface area contributed by atoms with Crippen LogP contribution in [0.15, 0.2) is 18.3 Å². The fourth-order valence-electron chi connectivity index (χ4n) is 0.649. The number of rotatable bonds is 2. The monoisotopic (exact) mass is 214 g/mol. The lowest BCUT2D eigenvalue weighted by Gasteiger charge is -1.95. The molecular formula is C7H7BrN2O. The molecule has 0 fully saturated rings. The smallest absolute Gasteiger partial charge is 0.267 e. The normalized spacial score (nSPS) is 9.55. The molecule has 0 aliphatic rings. The van der Waals surface area contributed by atoms with Gasteiger partial charge in [0.05, 0.1) is 0 Å². The number of carbonyl (C=O) groups is 1. The summed E-state index contributed by atoms with van der Waals surface area (Å²) in [6.07, 6.45) is 1.62. The third-order valence-electron chi connectivity index (χ3n) is 1.23. The van der Waals surface area contributed by atoms with Crippen LogP contribution in [0.25, 0.3) is 0 Å². The first-order chi connectivity index (χ1) is 5.24. The highest BCUT2D eigenvalue weighted by molar-refractivity contribution is 9.08. The third kappa shape index (κ3) is 2.01. The zero-order valence-electron chi connectivity index (χ0n) is 5.75. The van der Waals surface area contributed by atoms with Gasteiger partial charge in [0.2, 0.25) is 0 Å². The number of nitrogens with two attached hydrogens (primary N) is 1. The van der Waals surface area contributed by atoms with Crippen molar-refractivity contribution < 1.29 is 4.79 Å². The number of aromatic nitrogens is 1. The van der Waals surface area contributed by atoms with E-state index in [0.717, 1.165) is 10.9 Å². The predicted molar refractivity (Wildman–Crippen MR) is 45.4 cm³/mol. The summed E-state index contributed by atoms with van der Waals surface area (Å²) in [6.45, 7) is 0. The van der Waals surface area contributed by atoms with Gasteiger partial charge in [0.1, 0.15) is 5.69 Å². The molecule has 2 N–H and O–H groups in total. The van der Waals surface area contributed by atoms with Crippen molar-refractivity contribution in [2.45, 2.75) is 5.33 Å². The molecule has 1 rings (SSSR count). The molecule has 0 saturated carbocycles. The van der Waals surface area contributed by atoms with Crippen LogP contribution in [0, 0.1) is 0 Å². The van der Waals surface area contributed by atoms with E-state index in [1.807, 2.05) is 6.07 Å². The van der Waals surface area contributed by atoms with Crippen LogP contribution in [0.2, 0.25) is 0 Å². The second-order valence-corrected chi connectivity index (χ2v) is 2.61. The standard InChI is InChI=1S/C7H7BrN2O/c8-3-5-1-2-6(7(9)11)10-4-5/h1-2,4H,3H2,(H2,9,11). The van der Waals surface area contributed by atoms with E-state index in [4.69, 9.17) is 5.73 Å². The van der Waals surface area contributed by atoms with E-state index in [1.165, 1.54) is 0 Å². The van der Waals surface area contributed by atoms with E-state index in [1.54, 1.807) is 12.3 Å². The lowest BCUT2D eigenvalue weighted by Crippen LogP contribution is -2.12. The van der Waals surface area contributed by atoms with E-state index in [-0.39, 0.29) is 0 Å². The quantitative estimate of drug-likeness (QED) is 0.750. The Morgan fingerprint density at radius 2 is 2.36 bits per heavy atom. The first-order valence-corrected chi connectivity index (χ1v) is 4.17. The van der Waals surface area contributed by atoms with Crippen LogP contribution in [-0.2, 0) is 5.33 Å². The number of pyridine rings is 1. The molecule has 1 heterocycles. The zero-order valence-corrected chi connectivity index (χ0v) is 7.34. The molecule has 58 valence electrons. The number of alkyl halides is 1. The fourth-order valence-corrected chi connectivity index (χ4v) is 0.981. The molecule has 4 heteroatoms. The summed E-state index contributed by atoms with van der Waals surface area (Å²) in [7, 11) is 0. The minimum Gasteiger partial charge on any atom is -0.364 e. The first-order valence-electron chi connectivity index (χ1n) is 3.04. The highest BCUT2D eigenvalue weighted by atomic mass is 79.9. The van der Waals surface area contributed by atoms with E-state index in [2.05, 4.69) is 20.9 Å². The van der Waals surface area contributed by atoms with Gasteiger partial charge in [-0.1, -0.05) is 22.0 Å². The number of hydrogen-bond acceptors (Lipinski definition) is 2. The summed E-state index contributed by atoms with van der Waals surface area (Å²) < 4.78 is 0. The van der Waals surface area contributed by atoms with Gasteiger partial charge in [-0.25, -0.2) is 0 Å². The Balaban J connectivity index is 2.91. The summed E-state index contributed by atoms with van der Waals surface area (Å²) in [5, 5.41) is 0.735. The molecule has 11 heavy (non-hydrogen) atoms. The molecule has 0 unspecified atom stereocenters. The van der Waals surface area contributed by atoms with Crippen molar-refractivity contribution in [1.82, 2.24) is 4.98 Å². The van der Waals surface area contributed by atoms with Crippen molar-refractivity contribution >= 4 is 21.8 Å². The summed E-state index contributed by atoms with van der Waals surface area (Å²) in [5.41, 5.74) is 6.32. The average Bonchev–Trinajstić information content (AvgIpc) is 2.05. The van der Waals surface area contributed by atoms with Gasteiger partial charge in [0.15, 0.2) is 0 Å². The SMILES string of the molecule is NC(=O)c1ccc(CBr)cn1. The highest BCUT2D eigenvalue weighted by Gasteiger charge is 1.99. The first kappa shape index (κ1) is 8.20. The van der Waals surface area contributed by atoms with Crippen LogP contribution in [0.1, 0.15) is 16.1 Å². The maximum Gasteiger partial charge on any atom is 0.267 e. The minimum atomic E-state index is -0.494. The second-order valence-electron chi connectivity index (χ2n) is 2.05. The molecule has 0 spiro atoms. The summed E-state index contributed by atoms with van der Waals surface area (Å²) in [4.78, 5) is 14.4. The Hall–Kier alpha value is -0.900. The number of halogens is 1. The maximum atomic E-state index is 10.5. The minimum absolute atomic E-state index is 0.301. The van der Waals surface area contributed by atoms with Gasteiger partial charge in [0, 0.05) is 11.5 Å². The summed E-state index contributed by atoms with van der Waals surface area (Å²) >= 11 is 3.26. The molecule has 1 amide bonds. The maximum absolute atomic E-state index is 10.5. The van der Waals surface area contributed by atoms with Crippen molar-refractivity contribution in [3.63, 3.8) is 0 Å². The molecule has 0 atom stereocenters. The Labute approximate surface area is 72.7 Å². The van der Waals surface area contributed by atoms with Gasteiger partial charge >= 0.3 is 0 Å². The Kier molecular flexibility index (Phi) is 2.59. The van der Waals surface area contributed by atoms with Crippen LogP contribution in [0.5, 0.6) is 0 Å². The fraction of sp³-hybridized carbons (Fsp3) is 0.143. The van der Waals surface area contributed by atoms with E-state index >= 15 is 0 Å². The number of amides is 1. The molecule has 0 bridgehead atoms. The zero-order chi connectivity index (χ0) is 8.27. The average molecular weight is 215 g/mol. The molecule has 0 radical (unpaired) electrons. The van der Waals surface area contributed by atoms with Gasteiger partial charge < -0.3 is 5.73 Å². The lowest BCUT2D eigenvalue weighted by atomic mass is 10.3. The molecule has 3 nitrogen and oxygen atoms in total. The van der Waals surface area contributed by atoms with E-state index in [0.29, 0.717) is 5.69 Å². The van der Waals surface area contributed by atoms with Crippen molar-refractivity contribution in [2.24, 2.45) is 5.73 Å². The summed E-state index contributed by atoms with van der Waals surface area (Å²) in [6, 6.07) is 3.42. The van der Waals surface area contributed by atoms with Crippen LogP contribution < -0.4 is 5.73 Å². The lowest BCUT2D eigenvalue weighted by molar-refractivity contribution is 0.0995. The van der Waals surface area contributed by atoms with Gasteiger partial charge in [0.25, 0.3) is 5.91 Å². The molecular weight excluding hydrogens is 208 g/mol.